The van der Waals surface area contributed by atoms with Gasteiger partial charge in [-0.05, 0) is 166 Å². The van der Waals surface area contributed by atoms with Gasteiger partial charge in [0.2, 0.25) is 0 Å². The zero-order valence-corrected chi connectivity index (χ0v) is 27.5. The molecule has 8 rings (SSSR count). The van der Waals surface area contributed by atoms with Gasteiger partial charge in [-0.2, -0.15) is 0 Å². The molecule has 0 aromatic heterocycles. The van der Waals surface area contributed by atoms with Crippen LogP contribution in [0, 0.1) is 58.2 Å². The van der Waals surface area contributed by atoms with Crippen molar-refractivity contribution in [3.8, 4) is 18.1 Å². The number of aromatic hydroxyl groups is 1. The van der Waals surface area contributed by atoms with Gasteiger partial charge in [0.15, 0.2) is 5.78 Å². The van der Waals surface area contributed by atoms with E-state index in [1.807, 2.05) is 18.2 Å². The molecule has 0 heterocycles. The second-order valence-electron chi connectivity index (χ2n) is 17.0. The summed E-state index contributed by atoms with van der Waals surface area (Å²) in [7, 11) is 0. The fourth-order valence-electron chi connectivity index (χ4n) is 12.6. The van der Waals surface area contributed by atoms with Crippen molar-refractivity contribution in [3.05, 3.63) is 41.0 Å². The molecule has 5 saturated carbocycles. The molecule has 1 aromatic rings. The van der Waals surface area contributed by atoms with Gasteiger partial charge in [0.1, 0.15) is 11.4 Å². The van der Waals surface area contributed by atoms with E-state index in [4.69, 9.17) is 6.42 Å². The van der Waals surface area contributed by atoms with Crippen molar-refractivity contribution in [1.82, 2.24) is 0 Å². The van der Waals surface area contributed by atoms with E-state index in [-0.39, 0.29) is 16.2 Å². The number of rotatable bonds is 0. The second-order valence-corrected chi connectivity index (χ2v) is 17.0. The van der Waals surface area contributed by atoms with Crippen LogP contribution in [0.5, 0.6) is 5.75 Å². The highest BCUT2D eigenvalue weighted by molar-refractivity contribution is 5.91. The van der Waals surface area contributed by atoms with Crippen LogP contribution in [0.4, 0.5) is 0 Å². The first-order valence-corrected chi connectivity index (χ1v) is 17.7. The van der Waals surface area contributed by atoms with Crippen molar-refractivity contribution in [2.75, 3.05) is 0 Å². The Bertz CT molecular complexity index is 1420. The Balaban J connectivity index is 0.000000142. The molecule has 4 heteroatoms. The molecule has 7 aliphatic rings. The van der Waals surface area contributed by atoms with Gasteiger partial charge < -0.3 is 15.3 Å². The molecular weight excluding hydrogens is 544 g/mol. The molecule has 44 heavy (non-hydrogen) atoms. The number of phenolic OH excluding ortho intramolecular Hbond substituents is 1. The molecule has 0 radical (unpaired) electrons. The number of hydrogen-bond acceptors (Lipinski definition) is 4. The van der Waals surface area contributed by atoms with Crippen LogP contribution in [-0.2, 0) is 11.2 Å². The van der Waals surface area contributed by atoms with Crippen molar-refractivity contribution in [1.29, 1.82) is 0 Å². The Morgan fingerprint density at radius 1 is 0.773 bits per heavy atom. The summed E-state index contributed by atoms with van der Waals surface area (Å²) >= 11 is 0. The summed E-state index contributed by atoms with van der Waals surface area (Å²) in [5.74, 6) is 7.32. The fourth-order valence-corrected chi connectivity index (χ4v) is 12.6. The highest BCUT2D eigenvalue weighted by atomic mass is 16.3. The predicted molar refractivity (Wildman–Crippen MR) is 174 cm³/mol. The van der Waals surface area contributed by atoms with Gasteiger partial charge in [0.25, 0.3) is 0 Å². The Morgan fingerprint density at radius 2 is 1.45 bits per heavy atom. The molecule has 0 amide bonds. The molecule has 0 unspecified atom stereocenters. The molecule has 0 aliphatic heterocycles. The Kier molecular flexibility index (Phi) is 7.09. The number of hydrogen-bond donors (Lipinski definition) is 3. The zero-order chi connectivity index (χ0) is 31.3. The van der Waals surface area contributed by atoms with Gasteiger partial charge >= 0.3 is 0 Å². The lowest BCUT2D eigenvalue weighted by Gasteiger charge is -2.58. The topological polar surface area (TPSA) is 77.8 Å². The van der Waals surface area contributed by atoms with Crippen molar-refractivity contribution in [3.63, 3.8) is 0 Å². The third kappa shape index (κ3) is 4.20. The fraction of sp³-hybridized carbons (Fsp3) is 0.725. The maximum absolute atomic E-state index is 11.8. The van der Waals surface area contributed by atoms with Gasteiger partial charge in [-0.1, -0.05) is 38.3 Å². The van der Waals surface area contributed by atoms with Crippen molar-refractivity contribution in [2.24, 2.45) is 45.8 Å². The molecule has 4 nitrogen and oxygen atoms in total. The Morgan fingerprint density at radius 3 is 2.23 bits per heavy atom. The Labute approximate surface area is 265 Å². The number of phenols is 1. The number of benzene rings is 1. The van der Waals surface area contributed by atoms with E-state index in [0.29, 0.717) is 35.2 Å². The molecular formula is C40H54O4. The minimum absolute atomic E-state index is 0.107. The van der Waals surface area contributed by atoms with Crippen LogP contribution < -0.4 is 0 Å². The van der Waals surface area contributed by atoms with E-state index < -0.39 is 11.2 Å². The monoisotopic (exact) mass is 598 g/mol. The molecule has 0 spiro atoms. The molecule has 7 aliphatic carbocycles. The first-order chi connectivity index (χ1) is 20.8. The third-order valence-electron chi connectivity index (χ3n) is 15.6. The summed E-state index contributed by atoms with van der Waals surface area (Å²) in [6, 6.07) is 5.87. The SMILES string of the molecule is C#C[C@]1(O)CC[C@H]2[C@@H]3CCc4cc(O)ccc4[C@H]3CC[C@@]21C.C[C@]12CCC(=O)C=C1CC[C@@H]1[C@@H]2CC[C@@]2(C)[C@H]1CC[C@@]2(C)O. The van der Waals surface area contributed by atoms with Crippen LogP contribution in [0.2, 0.25) is 0 Å². The van der Waals surface area contributed by atoms with Crippen molar-refractivity contribution < 1.29 is 20.1 Å². The van der Waals surface area contributed by atoms with Crippen LogP contribution in [-0.4, -0.2) is 32.3 Å². The number of aryl methyl sites for hydroxylation is 1. The van der Waals surface area contributed by atoms with Crippen LogP contribution in [0.25, 0.3) is 0 Å². The van der Waals surface area contributed by atoms with E-state index in [2.05, 4.69) is 39.7 Å². The predicted octanol–water partition coefficient (Wildman–Crippen LogP) is 7.88. The van der Waals surface area contributed by atoms with Gasteiger partial charge in [0, 0.05) is 11.8 Å². The quantitative estimate of drug-likeness (QED) is 0.266. The first kappa shape index (κ1) is 30.6. The van der Waals surface area contributed by atoms with Crippen LogP contribution in [0.15, 0.2) is 29.8 Å². The average molecular weight is 599 g/mol. The van der Waals surface area contributed by atoms with Gasteiger partial charge in [-0.25, -0.2) is 0 Å². The summed E-state index contributed by atoms with van der Waals surface area (Å²) in [4.78, 5) is 11.8. The van der Waals surface area contributed by atoms with E-state index in [0.717, 1.165) is 82.5 Å². The van der Waals surface area contributed by atoms with Crippen molar-refractivity contribution >= 4 is 5.78 Å². The number of ketones is 1. The summed E-state index contributed by atoms with van der Waals surface area (Å²) in [6.07, 6.45) is 22.4. The minimum Gasteiger partial charge on any atom is -0.508 e. The standard InChI is InChI=1S/C20H30O2.C20H24O2/c1-18-9-6-14(21)12-13(18)4-5-15-16(18)7-10-19(2)17(15)8-11-20(19,3)22;1-3-20(22)11-9-18-17-6-4-13-12-14(21)5-7-15(13)16(17)8-10-19(18,20)2/h12,15-17,22H,4-11H2,1-3H3;1,5,7,12,16-18,21-22H,4,6,8-11H2,2H3/t15-,16+,17+,18+,19+,20-;16-,17-,18+,19+,20+/m11/s1. The molecule has 11 atom stereocenters. The number of fused-ring (bicyclic) bond motifs is 10. The molecule has 0 saturated heterocycles. The van der Waals surface area contributed by atoms with E-state index in [1.54, 1.807) is 0 Å². The summed E-state index contributed by atoms with van der Waals surface area (Å²) < 4.78 is 0. The average Bonchev–Trinajstić information content (AvgIpc) is 3.41. The van der Waals surface area contributed by atoms with Crippen LogP contribution in [0.3, 0.4) is 0 Å². The lowest BCUT2D eigenvalue weighted by Crippen LogP contribution is -2.53. The van der Waals surface area contributed by atoms with Gasteiger partial charge in [-0.15, -0.1) is 6.42 Å². The summed E-state index contributed by atoms with van der Waals surface area (Å²) in [6.45, 7) is 9.06. The van der Waals surface area contributed by atoms with Crippen molar-refractivity contribution in [2.45, 2.75) is 135 Å². The lowest BCUT2D eigenvalue weighted by molar-refractivity contribution is -0.124. The van der Waals surface area contributed by atoms with Gasteiger partial charge in [0.05, 0.1) is 5.60 Å². The van der Waals surface area contributed by atoms with Gasteiger partial charge in [-0.3, -0.25) is 4.79 Å². The van der Waals surface area contributed by atoms with Crippen LogP contribution in [0.1, 0.15) is 128 Å². The maximum Gasteiger partial charge on any atom is 0.155 e. The summed E-state index contributed by atoms with van der Waals surface area (Å²) in [5.41, 5.74) is 3.01. The molecule has 0 bridgehead atoms. The normalized spacial score (nSPS) is 48.6. The number of carbonyl (C=O) groups is 1. The summed E-state index contributed by atoms with van der Waals surface area (Å²) in [5, 5.41) is 31.5. The first-order valence-electron chi connectivity index (χ1n) is 17.7. The molecule has 3 N–H and O–H groups in total. The van der Waals surface area contributed by atoms with Crippen LogP contribution >= 0.6 is 0 Å². The molecule has 1 aromatic carbocycles. The largest absolute Gasteiger partial charge is 0.508 e. The number of terminal acetylenes is 1. The lowest BCUT2D eigenvalue weighted by atomic mass is 9.46. The molecule has 5 fully saturated rings. The van der Waals surface area contributed by atoms with E-state index >= 15 is 0 Å². The number of aliphatic hydroxyl groups is 2. The number of allylic oxidation sites excluding steroid dienone is 1. The highest BCUT2D eigenvalue weighted by Crippen LogP contribution is 2.68. The Hall–Kier alpha value is -2.09. The van der Waals surface area contributed by atoms with E-state index in [1.165, 1.54) is 36.0 Å². The maximum atomic E-state index is 11.8. The van der Waals surface area contributed by atoms with E-state index in [9.17, 15) is 20.1 Å². The molecule has 238 valence electrons. The zero-order valence-electron chi connectivity index (χ0n) is 27.5. The minimum atomic E-state index is -0.919. The smallest absolute Gasteiger partial charge is 0.155 e. The number of carbonyl (C=O) groups excluding carboxylic acids is 1. The third-order valence-corrected chi connectivity index (χ3v) is 15.6. The highest BCUT2D eigenvalue weighted by Gasteiger charge is 2.63. The second kappa shape index (κ2) is 10.2.